The zero-order valence-electron chi connectivity index (χ0n) is 11.7. The van der Waals surface area contributed by atoms with Crippen molar-refractivity contribution in [2.75, 3.05) is 6.61 Å². The van der Waals surface area contributed by atoms with Gasteiger partial charge in [0.15, 0.2) is 0 Å². The minimum Gasteiger partial charge on any atom is -0.394 e. The Kier molecular flexibility index (Phi) is 4.24. The molecule has 3 heteroatoms. The summed E-state index contributed by atoms with van der Waals surface area (Å²) in [5.41, 5.74) is 3.06. The topological polar surface area (TPSA) is 45.1 Å². The average molecular weight is 278 g/mol. The highest BCUT2D eigenvalue weighted by atomic mass is 16.3. The second-order valence-electron chi connectivity index (χ2n) is 5.02. The van der Waals surface area contributed by atoms with Crippen LogP contribution in [0, 0.1) is 0 Å². The zero-order chi connectivity index (χ0) is 14.5. The van der Waals surface area contributed by atoms with Gasteiger partial charge in [-0.05, 0) is 17.7 Å². The predicted octanol–water partition coefficient (Wildman–Crippen LogP) is 3.06. The predicted molar refractivity (Wildman–Crippen MR) is 84.9 cm³/mol. The van der Waals surface area contributed by atoms with E-state index >= 15 is 0 Å². The smallest absolute Gasteiger partial charge is 0.0705 e. The molecular formula is C18H18N2O. The van der Waals surface area contributed by atoms with E-state index in [9.17, 15) is 5.11 Å². The van der Waals surface area contributed by atoms with E-state index in [1.807, 2.05) is 54.6 Å². The van der Waals surface area contributed by atoms with E-state index in [0.717, 1.165) is 22.2 Å². The summed E-state index contributed by atoms with van der Waals surface area (Å²) in [5.74, 6) is 0. The van der Waals surface area contributed by atoms with Crippen LogP contribution in [0.3, 0.4) is 0 Å². The van der Waals surface area contributed by atoms with Gasteiger partial charge in [0.1, 0.15) is 0 Å². The van der Waals surface area contributed by atoms with Gasteiger partial charge >= 0.3 is 0 Å². The van der Waals surface area contributed by atoms with Crippen LogP contribution in [0.2, 0.25) is 0 Å². The molecule has 2 N–H and O–H groups in total. The molecule has 21 heavy (non-hydrogen) atoms. The number of rotatable bonds is 5. The lowest BCUT2D eigenvalue weighted by Gasteiger charge is -2.16. The number of benzene rings is 2. The maximum absolute atomic E-state index is 9.55. The van der Waals surface area contributed by atoms with Crippen LogP contribution < -0.4 is 5.32 Å². The van der Waals surface area contributed by atoms with Gasteiger partial charge in [-0.1, -0.05) is 54.6 Å². The summed E-state index contributed by atoms with van der Waals surface area (Å²) >= 11 is 0. The molecule has 0 aliphatic carbocycles. The highest BCUT2D eigenvalue weighted by molar-refractivity contribution is 5.78. The fourth-order valence-corrected chi connectivity index (χ4v) is 2.41. The quantitative estimate of drug-likeness (QED) is 0.754. The fourth-order valence-electron chi connectivity index (χ4n) is 2.41. The lowest BCUT2D eigenvalue weighted by molar-refractivity contribution is 0.243. The molecule has 0 saturated heterocycles. The first-order chi connectivity index (χ1) is 10.4. The number of aromatic nitrogens is 1. The number of aliphatic hydroxyl groups is 1. The van der Waals surface area contributed by atoms with Gasteiger partial charge in [0.2, 0.25) is 0 Å². The Morgan fingerprint density at radius 1 is 0.905 bits per heavy atom. The van der Waals surface area contributed by atoms with E-state index in [4.69, 9.17) is 0 Å². The number of fused-ring (bicyclic) bond motifs is 1. The molecule has 3 nitrogen and oxygen atoms in total. The van der Waals surface area contributed by atoms with Crippen molar-refractivity contribution in [3.05, 3.63) is 78.0 Å². The van der Waals surface area contributed by atoms with Crippen molar-refractivity contribution in [2.45, 2.75) is 12.6 Å². The largest absolute Gasteiger partial charge is 0.394 e. The molecule has 3 aromatic rings. The Labute approximate surface area is 124 Å². The van der Waals surface area contributed by atoms with Gasteiger partial charge in [0.25, 0.3) is 0 Å². The lowest BCUT2D eigenvalue weighted by Crippen LogP contribution is -2.24. The van der Waals surface area contributed by atoms with Crippen LogP contribution in [0.15, 0.2) is 66.7 Å². The van der Waals surface area contributed by atoms with E-state index < -0.39 is 0 Å². The SMILES string of the molecule is OCC(NCc1ccc2ccccc2n1)c1ccccc1. The first-order valence-corrected chi connectivity index (χ1v) is 7.10. The molecule has 0 radical (unpaired) electrons. The summed E-state index contributed by atoms with van der Waals surface area (Å²) < 4.78 is 0. The average Bonchev–Trinajstić information content (AvgIpc) is 2.56. The van der Waals surface area contributed by atoms with Gasteiger partial charge < -0.3 is 10.4 Å². The van der Waals surface area contributed by atoms with E-state index in [2.05, 4.69) is 22.4 Å². The number of hydrogen-bond acceptors (Lipinski definition) is 3. The number of para-hydroxylation sites is 1. The van der Waals surface area contributed by atoms with Gasteiger partial charge in [-0.15, -0.1) is 0 Å². The van der Waals surface area contributed by atoms with Crippen LogP contribution in [-0.2, 0) is 6.54 Å². The van der Waals surface area contributed by atoms with Crippen molar-refractivity contribution in [2.24, 2.45) is 0 Å². The maximum Gasteiger partial charge on any atom is 0.0705 e. The lowest BCUT2D eigenvalue weighted by atomic mass is 10.1. The van der Waals surface area contributed by atoms with Crippen LogP contribution in [0.4, 0.5) is 0 Å². The van der Waals surface area contributed by atoms with Gasteiger partial charge in [-0.3, -0.25) is 4.98 Å². The van der Waals surface area contributed by atoms with Gasteiger partial charge in [0, 0.05) is 11.9 Å². The third kappa shape index (κ3) is 3.27. The minimum atomic E-state index is -0.0699. The Balaban J connectivity index is 1.73. The molecule has 0 amide bonds. The van der Waals surface area contributed by atoms with Crippen molar-refractivity contribution in [1.29, 1.82) is 0 Å². The Morgan fingerprint density at radius 2 is 1.67 bits per heavy atom. The molecular weight excluding hydrogens is 260 g/mol. The number of aliphatic hydroxyl groups excluding tert-OH is 1. The first kappa shape index (κ1) is 13.7. The molecule has 0 aliphatic rings. The van der Waals surface area contributed by atoms with Crippen molar-refractivity contribution < 1.29 is 5.11 Å². The molecule has 3 rings (SSSR count). The Bertz CT molecular complexity index is 712. The normalized spacial score (nSPS) is 12.4. The Hall–Kier alpha value is -2.23. The fraction of sp³-hybridized carbons (Fsp3) is 0.167. The summed E-state index contributed by atoms with van der Waals surface area (Å²) in [6, 6.07) is 22.1. The van der Waals surface area contributed by atoms with Crippen LogP contribution >= 0.6 is 0 Å². The van der Waals surface area contributed by atoms with E-state index in [1.54, 1.807) is 0 Å². The third-order valence-corrected chi connectivity index (χ3v) is 3.57. The van der Waals surface area contributed by atoms with Crippen LogP contribution in [0.5, 0.6) is 0 Å². The number of nitrogens with one attached hydrogen (secondary N) is 1. The molecule has 0 fully saturated rings. The summed E-state index contributed by atoms with van der Waals surface area (Å²) in [6.45, 7) is 0.697. The highest BCUT2D eigenvalue weighted by Gasteiger charge is 2.09. The first-order valence-electron chi connectivity index (χ1n) is 7.10. The molecule has 2 aromatic carbocycles. The summed E-state index contributed by atoms with van der Waals surface area (Å²) in [5, 5.41) is 14.0. The molecule has 0 saturated carbocycles. The molecule has 0 aliphatic heterocycles. The second-order valence-corrected chi connectivity index (χ2v) is 5.02. The molecule has 1 unspecified atom stereocenters. The van der Waals surface area contributed by atoms with Crippen molar-refractivity contribution in [3.8, 4) is 0 Å². The molecule has 0 spiro atoms. The molecule has 1 heterocycles. The van der Waals surface area contributed by atoms with Crippen molar-refractivity contribution in [3.63, 3.8) is 0 Å². The molecule has 1 atom stereocenters. The maximum atomic E-state index is 9.55. The summed E-state index contributed by atoms with van der Waals surface area (Å²) in [7, 11) is 0. The Morgan fingerprint density at radius 3 is 2.48 bits per heavy atom. The van der Waals surface area contributed by atoms with E-state index in [1.165, 1.54) is 0 Å². The number of hydrogen-bond donors (Lipinski definition) is 2. The van der Waals surface area contributed by atoms with E-state index in [0.29, 0.717) is 6.54 Å². The third-order valence-electron chi connectivity index (χ3n) is 3.57. The van der Waals surface area contributed by atoms with Crippen molar-refractivity contribution >= 4 is 10.9 Å². The number of nitrogens with zero attached hydrogens (tertiary/aromatic N) is 1. The standard InChI is InChI=1S/C18H18N2O/c21-13-18(14-6-2-1-3-7-14)19-12-16-11-10-15-8-4-5-9-17(15)20-16/h1-11,18-19,21H,12-13H2. The molecule has 0 bridgehead atoms. The minimum absolute atomic E-state index is 0.0671. The van der Waals surface area contributed by atoms with Crippen LogP contribution in [-0.4, -0.2) is 16.7 Å². The van der Waals surface area contributed by atoms with Crippen molar-refractivity contribution in [1.82, 2.24) is 10.3 Å². The highest BCUT2D eigenvalue weighted by Crippen LogP contribution is 2.14. The van der Waals surface area contributed by atoms with Gasteiger partial charge in [-0.2, -0.15) is 0 Å². The second kappa shape index (κ2) is 6.48. The zero-order valence-corrected chi connectivity index (χ0v) is 11.7. The summed E-state index contributed by atoms with van der Waals surface area (Å²) in [4.78, 5) is 4.63. The molecule has 1 aromatic heterocycles. The molecule has 106 valence electrons. The van der Waals surface area contributed by atoms with Gasteiger partial charge in [0.05, 0.1) is 23.9 Å². The van der Waals surface area contributed by atoms with E-state index in [-0.39, 0.29) is 12.6 Å². The van der Waals surface area contributed by atoms with Gasteiger partial charge in [-0.25, -0.2) is 0 Å². The number of pyridine rings is 1. The van der Waals surface area contributed by atoms with Crippen LogP contribution in [0.1, 0.15) is 17.3 Å². The summed E-state index contributed by atoms with van der Waals surface area (Å²) in [6.07, 6.45) is 0. The van der Waals surface area contributed by atoms with Crippen LogP contribution in [0.25, 0.3) is 10.9 Å². The monoisotopic (exact) mass is 278 g/mol.